The molecule has 0 saturated heterocycles. The van der Waals surface area contributed by atoms with E-state index in [1.54, 1.807) is 12.5 Å². The minimum absolute atomic E-state index is 0.390. The number of hydrogen-bond donors (Lipinski definition) is 2. The van der Waals surface area contributed by atoms with Gasteiger partial charge in [0.2, 0.25) is 0 Å². The molecule has 7 heteroatoms. The van der Waals surface area contributed by atoms with E-state index in [0.717, 1.165) is 17.0 Å². The summed E-state index contributed by atoms with van der Waals surface area (Å²) < 4.78 is 0. The average Bonchev–Trinajstić information content (AvgIpc) is 2.17. The predicted octanol–water partition coefficient (Wildman–Crippen LogP) is 0.254. The Hall–Kier alpha value is -0.280. The van der Waals surface area contributed by atoms with E-state index in [1.165, 1.54) is 7.11 Å². The van der Waals surface area contributed by atoms with Gasteiger partial charge in [0.1, 0.15) is 0 Å². The second-order valence-corrected chi connectivity index (χ2v) is 2.04. The molecule has 0 fully saturated rings. The summed E-state index contributed by atoms with van der Waals surface area (Å²) in [5.74, 6) is 0. The molecule has 7 nitrogen and oxygen atoms in total. The fourth-order valence-corrected chi connectivity index (χ4v) is 0.580. The zero-order chi connectivity index (χ0) is 10.1. The first-order valence-electron chi connectivity index (χ1n) is 4.09. The Bertz CT molecular complexity index is 116. The van der Waals surface area contributed by atoms with Crippen molar-refractivity contribution in [3.05, 3.63) is 0 Å². The first-order valence-corrected chi connectivity index (χ1v) is 4.09. The van der Waals surface area contributed by atoms with E-state index in [9.17, 15) is 0 Å². The SMILES string of the molecule is CCCON(NO)N(OC)OCC. The molecule has 0 unspecified atom stereocenters. The van der Waals surface area contributed by atoms with Gasteiger partial charge in [-0.25, -0.2) is 0 Å². The number of nitrogens with zero attached hydrogens (tertiary/aromatic N) is 2. The van der Waals surface area contributed by atoms with Crippen molar-refractivity contribution >= 4 is 0 Å². The highest BCUT2D eigenvalue weighted by Gasteiger charge is 2.15. The van der Waals surface area contributed by atoms with E-state index in [-0.39, 0.29) is 0 Å². The fourth-order valence-electron chi connectivity index (χ4n) is 0.580. The summed E-state index contributed by atoms with van der Waals surface area (Å²) in [7, 11) is 1.38. The van der Waals surface area contributed by atoms with Crippen molar-refractivity contribution in [3.8, 4) is 0 Å². The Morgan fingerprint density at radius 1 is 1.31 bits per heavy atom. The highest BCUT2D eigenvalue weighted by molar-refractivity contribution is 4.17. The van der Waals surface area contributed by atoms with Crippen molar-refractivity contribution in [2.75, 3.05) is 20.3 Å². The molecular formula is C6H17N3O4. The van der Waals surface area contributed by atoms with Crippen LogP contribution in [0, 0.1) is 0 Å². The summed E-state index contributed by atoms with van der Waals surface area (Å²) in [5, 5.41) is 10.4. The van der Waals surface area contributed by atoms with E-state index in [4.69, 9.17) is 19.7 Å². The Morgan fingerprint density at radius 3 is 2.38 bits per heavy atom. The fraction of sp³-hybridized carbons (Fsp3) is 1.00. The van der Waals surface area contributed by atoms with E-state index in [1.807, 2.05) is 6.92 Å². The van der Waals surface area contributed by atoms with Crippen LogP contribution in [0.4, 0.5) is 0 Å². The van der Waals surface area contributed by atoms with Gasteiger partial charge >= 0.3 is 0 Å². The maximum Gasteiger partial charge on any atom is 0.0717 e. The van der Waals surface area contributed by atoms with Gasteiger partial charge in [0, 0.05) is 5.28 Å². The van der Waals surface area contributed by atoms with Crippen molar-refractivity contribution < 1.29 is 19.7 Å². The molecule has 0 saturated carbocycles. The summed E-state index contributed by atoms with van der Waals surface area (Å²) in [4.78, 5) is 14.7. The Kier molecular flexibility index (Phi) is 8.14. The van der Waals surface area contributed by atoms with E-state index in [2.05, 4.69) is 0 Å². The molecule has 0 aliphatic rings. The van der Waals surface area contributed by atoms with Crippen LogP contribution in [0.25, 0.3) is 0 Å². The lowest BCUT2D eigenvalue weighted by Gasteiger charge is -2.26. The molecule has 0 rings (SSSR count). The lowest BCUT2D eigenvalue weighted by atomic mass is 10.5. The lowest BCUT2D eigenvalue weighted by molar-refractivity contribution is -0.556. The maximum absolute atomic E-state index is 8.63. The Labute approximate surface area is 77.5 Å². The summed E-state index contributed by atoms with van der Waals surface area (Å²) in [5.41, 5.74) is 1.76. The summed E-state index contributed by atoms with van der Waals surface area (Å²) >= 11 is 0. The molecular weight excluding hydrogens is 178 g/mol. The highest BCUT2D eigenvalue weighted by Crippen LogP contribution is 1.97. The smallest absolute Gasteiger partial charge is 0.0717 e. The van der Waals surface area contributed by atoms with Crippen molar-refractivity contribution in [2.24, 2.45) is 0 Å². The van der Waals surface area contributed by atoms with Crippen LogP contribution in [0.1, 0.15) is 20.3 Å². The third-order valence-electron chi connectivity index (χ3n) is 1.05. The Balaban J connectivity index is 3.84. The molecule has 0 aliphatic heterocycles. The van der Waals surface area contributed by atoms with Crippen molar-refractivity contribution in [2.45, 2.75) is 20.3 Å². The second kappa shape index (κ2) is 8.32. The molecule has 0 atom stereocenters. The predicted molar refractivity (Wildman–Crippen MR) is 43.5 cm³/mol. The molecule has 2 N–H and O–H groups in total. The normalized spacial score (nSPS) is 11.5. The van der Waals surface area contributed by atoms with Gasteiger partial charge in [0.25, 0.3) is 0 Å². The molecule has 0 aromatic rings. The third kappa shape index (κ3) is 5.11. The van der Waals surface area contributed by atoms with Crippen LogP contribution in [0.15, 0.2) is 0 Å². The van der Waals surface area contributed by atoms with Gasteiger partial charge in [-0.3, -0.25) is 19.7 Å². The van der Waals surface area contributed by atoms with Crippen LogP contribution in [-0.4, -0.2) is 36.1 Å². The summed E-state index contributed by atoms with van der Waals surface area (Å²) in [6, 6.07) is 0. The molecule has 13 heavy (non-hydrogen) atoms. The van der Waals surface area contributed by atoms with Gasteiger partial charge in [0.05, 0.1) is 25.7 Å². The maximum atomic E-state index is 8.63. The van der Waals surface area contributed by atoms with Gasteiger partial charge in [0.15, 0.2) is 0 Å². The van der Waals surface area contributed by atoms with Crippen molar-refractivity contribution in [3.63, 3.8) is 0 Å². The molecule has 0 bridgehead atoms. The first kappa shape index (κ1) is 12.7. The highest BCUT2D eigenvalue weighted by atomic mass is 17.1. The quantitative estimate of drug-likeness (QED) is 0.538. The molecule has 80 valence electrons. The number of hydrogen-bond acceptors (Lipinski definition) is 7. The minimum atomic E-state index is 0.390. The average molecular weight is 195 g/mol. The van der Waals surface area contributed by atoms with Crippen LogP contribution in [0.2, 0.25) is 0 Å². The van der Waals surface area contributed by atoms with Gasteiger partial charge in [-0.05, 0) is 13.3 Å². The number of hydrazine groups is 2. The molecule has 0 radical (unpaired) electrons. The molecule has 0 spiro atoms. The first-order chi connectivity index (χ1) is 6.29. The molecule has 0 aliphatic carbocycles. The van der Waals surface area contributed by atoms with E-state index in [0.29, 0.717) is 13.2 Å². The topological polar surface area (TPSA) is 66.4 Å². The van der Waals surface area contributed by atoms with Crippen molar-refractivity contribution in [1.82, 2.24) is 16.2 Å². The number of rotatable bonds is 8. The summed E-state index contributed by atoms with van der Waals surface area (Å²) in [6.07, 6.45) is 0.807. The van der Waals surface area contributed by atoms with Crippen LogP contribution >= 0.6 is 0 Å². The van der Waals surface area contributed by atoms with Gasteiger partial charge < -0.3 is 0 Å². The van der Waals surface area contributed by atoms with E-state index < -0.39 is 0 Å². The van der Waals surface area contributed by atoms with Crippen LogP contribution in [-0.2, 0) is 14.5 Å². The Morgan fingerprint density at radius 2 is 2.00 bits per heavy atom. The van der Waals surface area contributed by atoms with E-state index >= 15 is 0 Å². The zero-order valence-electron chi connectivity index (χ0n) is 8.19. The van der Waals surface area contributed by atoms with Gasteiger partial charge in [-0.1, -0.05) is 12.5 Å². The van der Waals surface area contributed by atoms with Crippen LogP contribution < -0.4 is 5.59 Å². The van der Waals surface area contributed by atoms with Gasteiger partial charge in [-0.2, -0.15) is 0 Å². The minimum Gasteiger partial charge on any atom is -0.298 e. The monoisotopic (exact) mass is 195 g/mol. The van der Waals surface area contributed by atoms with Gasteiger partial charge in [-0.15, -0.1) is 0 Å². The zero-order valence-corrected chi connectivity index (χ0v) is 8.19. The number of nitrogens with one attached hydrogen (secondary N) is 1. The molecule has 0 aromatic heterocycles. The standard InChI is InChI=1S/C6H17N3O4/c1-4-6-13-8(7-10)9(11-3)12-5-2/h7,10H,4-6H2,1-3H3. The molecule has 0 heterocycles. The third-order valence-corrected chi connectivity index (χ3v) is 1.05. The van der Waals surface area contributed by atoms with Crippen molar-refractivity contribution in [1.29, 1.82) is 0 Å². The molecule has 0 aromatic carbocycles. The molecule has 0 amide bonds. The largest absolute Gasteiger partial charge is 0.298 e. The van der Waals surface area contributed by atoms with Crippen LogP contribution in [0.5, 0.6) is 0 Å². The summed E-state index contributed by atoms with van der Waals surface area (Å²) in [6.45, 7) is 4.54. The van der Waals surface area contributed by atoms with Crippen LogP contribution in [0.3, 0.4) is 0 Å². The lowest BCUT2D eigenvalue weighted by Crippen LogP contribution is -2.49. The second-order valence-electron chi connectivity index (χ2n) is 2.04.